The number of nitrogens with zero attached hydrogens (tertiary/aromatic N) is 1. The lowest BCUT2D eigenvalue weighted by atomic mass is 9.90. The summed E-state index contributed by atoms with van der Waals surface area (Å²) in [6, 6.07) is 6.56. The number of methoxy groups -OCH3 is 1. The molecule has 1 heterocycles. The second-order valence-electron chi connectivity index (χ2n) is 7.78. The van der Waals surface area contributed by atoms with E-state index in [2.05, 4.69) is 5.32 Å². The average Bonchev–Trinajstić information content (AvgIpc) is 3.16. The summed E-state index contributed by atoms with van der Waals surface area (Å²) >= 11 is 0. The molecule has 3 rings (SSSR count). The molecule has 0 aromatic heterocycles. The molecule has 1 aliphatic carbocycles. The van der Waals surface area contributed by atoms with Gasteiger partial charge >= 0.3 is 0 Å². The summed E-state index contributed by atoms with van der Waals surface area (Å²) in [6.45, 7) is 1.46. The SMILES string of the molecule is COc1cccc(S(=O)(=O)N2CCC(CNC(=O)[C]3CCCCCCC3)C2)c1.[CH2].[CH2]. The quantitative estimate of drug-likeness (QED) is 0.738. The van der Waals surface area contributed by atoms with Crippen molar-refractivity contribution < 1.29 is 17.9 Å². The molecule has 7 heteroatoms. The Labute approximate surface area is 183 Å². The van der Waals surface area contributed by atoms with Crippen molar-refractivity contribution >= 4 is 15.9 Å². The molecule has 2 aliphatic rings. The molecule has 1 amide bonds. The standard InChI is InChI=1S/C21H31N2O4S.2CH2/c1-27-19-10-7-11-20(14-19)28(25,26)23-13-12-17(16-23)15-22-21(24)18-8-5-3-2-4-6-9-18;;/h7,10-11,14,17H,2-6,8-9,12-13,15-16H2,1H3,(H,22,24);2*1H2. The number of benzene rings is 1. The van der Waals surface area contributed by atoms with E-state index in [1.165, 1.54) is 30.7 Å². The molecule has 30 heavy (non-hydrogen) atoms. The molecule has 1 saturated carbocycles. The molecule has 1 atom stereocenters. The van der Waals surface area contributed by atoms with Crippen molar-refractivity contribution in [2.75, 3.05) is 26.7 Å². The first-order chi connectivity index (χ1) is 13.5. The van der Waals surface area contributed by atoms with Crippen molar-refractivity contribution in [3.8, 4) is 5.75 Å². The summed E-state index contributed by atoms with van der Waals surface area (Å²) < 4.78 is 32.4. The minimum atomic E-state index is -3.54. The Hall–Kier alpha value is -1.60. The van der Waals surface area contributed by atoms with Crippen molar-refractivity contribution in [1.29, 1.82) is 0 Å². The Morgan fingerprint density at radius 2 is 1.80 bits per heavy atom. The van der Waals surface area contributed by atoms with E-state index >= 15 is 0 Å². The third kappa shape index (κ3) is 6.71. The van der Waals surface area contributed by atoms with Crippen LogP contribution in [0.25, 0.3) is 0 Å². The van der Waals surface area contributed by atoms with Gasteiger partial charge in [-0.1, -0.05) is 53.0 Å². The first-order valence-electron chi connectivity index (χ1n) is 10.3. The van der Waals surface area contributed by atoms with Crippen molar-refractivity contribution in [1.82, 2.24) is 9.62 Å². The van der Waals surface area contributed by atoms with Crippen LogP contribution in [0.1, 0.15) is 51.4 Å². The molecule has 1 aromatic carbocycles. The first-order valence-corrected chi connectivity index (χ1v) is 11.7. The molecule has 0 spiro atoms. The molecule has 2 fully saturated rings. The summed E-state index contributed by atoms with van der Waals surface area (Å²) in [4.78, 5) is 12.7. The zero-order valence-corrected chi connectivity index (χ0v) is 18.9. The largest absolute Gasteiger partial charge is 0.497 e. The number of carbonyl (C=O) groups is 1. The Kier molecular flexibility index (Phi) is 10.8. The lowest BCUT2D eigenvalue weighted by Gasteiger charge is -2.20. The van der Waals surface area contributed by atoms with Gasteiger partial charge in [0.05, 0.1) is 17.9 Å². The Bertz CT molecular complexity index is 758. The van der Waals surface area contributed by atoms with Crippen molar-refractivity contribution in [3.63, 3.8) is 0 Å². The van der Waals surface area contributed by atoms with Crippen LogP contribution < -0.4 is 10.1 Å². The summed E-state index contributed by atoms with van der Waals surface area (Å²) in [5, 5.41) is 3.06. The van der Waals surface area contributed by atoms with E-state index in [-0.39, 0.29) is 31.6 Å². The van der Waals surface area contributed by atoms with Crippen LogP contribution in [-0.2, 0) is 14.8 Å². The second kappa shape index (κ2) is 12.3. The molecule has 1 unspecified atom stereocenters. The van der Waals surface area contributed by atoms with E-state index in [9.17, 15) is 13.2 Å². The minimum Gasteiger partial charge on any atom is -0.497 e. The van der Waals surface area contributed by atoms with Gasteiger partial charge in [-0.15, -0.1) is 0 Å². The summed E-state index contributed by atoms with van der Waals surface area (Å²) in [5.41, 5.74) is 0. The molecule has 1 saturated heterocycles. The number of rotatable bonds is 6. The number of nitrogens with one attached hydrogen (secondary N) is 1. The third-order valence-electron chi connectivity index (χ3n) is 5.76. The molecule has 1 aromatic rings. The second-order valence-corrected chi connectivity index (χ2v) is 9.72. The van der Waals surface area contributed by atoms with E-state index in [4.69, 9.17) is 4.74 Å². The number of ether oxygens (including phenoxy) is 1. The van der Waals surface area contributed by atoms with Gasteiger partial charge in [0, 0.05) is 25.7 Å². The highest BCUT2D eigenvalue weighted by Gasteiger charge is 2.33. The number of amides is 1. The van der Waals surface area contributed by atoms with Crippen LogP contribution >= 0.6 is 0 Å². The van der Waals surface area contributed by atoms with E-state index in [1.54, 1.807) is 24.3 Å². The zero-order valence-electron chi connectivity index (χ0n) is 18.1. The Balaban J connectivity index is 0.00000225. The molecular weight excluding hydrogens is 400 g/mol. The molecule has 5 radical (unpaired) electrons. The minimum absolute atomic E-state index is 0. The van der Waals surface area contributed by atoms with E-state index in [0.29, 0.717) is 25.4 Å². The molecule has 1 aliphatic heterocycles. The van der Waals surface area contributed by atoms with Crippen LogP contribution in [0.3, 0.4) is 0 Å². The fourth-order valence-electron chi connectivity index (χ4n) is 4.01. The number of hydrogen-bond donors (Lipinski definition) is 1. The Morgan fingerprint density at radius 1 is 1.13 bits per heavy atom. The topological polar surface area (TPSA) is 75.7 Å². The highest BCUT2D eigenvalue weighted by Crippen LogP contribution is 2.27. The van der Waals surface area contributed by atoms with Crippen LogP contribution in [0.2, 0.25) is 0 Å². The van der Waals surface area contributed by atoms with Gasteiger partial charge in [-0.2, -0.15) is 4.31 Å². The van der Waals surface area contributed by atoms with E-state index in [0.717, 1.165) is 38.0 Å². The van der Waals surface area contributed by atoms with Crippen LogP contribution in [0.5, 0.6) is 5.75 Å². The molecule has 6 nitrogen and oxygen atoms in total. The molecule has 0 bridgehead atoms. The number of sulfonamides is 1. The van der Waals surface area contributed by atoms with Gasteiger partial charge in [-0.25, -0.2) is 8.42 Å². The fraction of sp³-hybridized carbons (Fsp3) is 0.565. The normalized spacial score (nSPS) is 20.9. The summed E-state index contributed by atoms with van der Waals surface area (Å²) in [7, 11) is -2.01. The third-order valence-corrected chi connectivity index (χ3v) is 7.62. The number of carbonyl (C=O) groups excluding carboxylic acids is 1. The van der Waals surface area contributed by atoms with Gasteiger partial charge < -0.3 is 10.1 Å². The van der Waals surface area contributed by atoms with Crippen LogP contribution in [-0.4, -0.2) is 45.4 Å². The smallest absolute Gasteiger partial charge is 0.243 e. The first kappa shape index (κ1) is 26.4. The summed E-state index contributed by atoms with van der Waals surface area (Å²) in [5.74, 6) is 1.76. The van der Waals surface area contributed by atoms with Crippen molar-refractivity contribution in [3.05, 3.63) is 45.0 Å². The van der Waals surface area contributed by atoms with Crippen LogP contribution in [0, 0.1) is 26.7 Å². The monoisotopic (exact) mass is 435 g/mol. The summed E-state index contributed by atoms with van der Waals surface area (Å²) in [6.07, 6.45) is 8.43. The fourth-order valence-corrected chi connectivity index (χ4v) is 5.58. The lowest BCUT2D eigenvalue weighted by Crippen LogP contribution is -2.35. The molecule has 1 N–H and O–H groups in total. The maximum absolute atomic E-state index is 12.9. The van der Waals surface area contributed by atoms with E-state index in [1.807, 2.05) is 0 Å². The van der Waals surface area contributed by atoms with Gasteiger partial charge in [-0.3, -0.25) is 4.79 Å². The van der Waals surface area contributed by atoms with Gasteiger partial charge in [-0.05, 0) is 37.3 Å². The highest BCUT2D eigenvalue weighted by atomic mass is 32.2. The predicted molar refractivity (Wildman–Crippen MR) is 119 cm³/mol. The van der Waals surface area contributed by atoms with Gasteiger partial charge in [0.1, 0.15) is 5.75 Å². The number of hydrogen-bond acceptors (Lipinski definition) is 4. The Morgan fingerprint density at radius 3 is 2.47 bits per heavy atom. The lowest BCUT2D eigenvalue weighted by molar-refractivity contribution is -0.120. The van der Waals surface area contributed by atoms with Crippen LogP contribution in [0.15, 0.2) is 29.2 Å². The maximum Gasteiger partial charge on any atom is 0.243 e. The maximum atomic E-state index is 12.9. The van der Waals surface area contributed by atoms with Crippen molar-refractivity contribution in [2.45, 2.75) is 56.3 Å². The average molecular weight is 436 g/mol. The van der Waals surface area contributed by atoms with Crippen LogP contribution in [0.4, 0.5) is 0 Å². The van der Waals surface area contributed by atoms with Crippen molar-refractivity contribution in [2.24, 2.45) is 5.92 Å². The zero-order chi connectivity index (χ0) is 20.0. The van der Waals surface area contributed by atoms with Gasteiger partial charge in [0.15, 0.2) is 0 Å². The molecule has 167 valence electrons. The predicted octanol–water partition coefficient (Wildman–Crippen LogP) is 3.80. The molecular formula is C23H35N2O4S. The van der Waals surface area contributed by atoms with Gasteiger partial charge in [0.2, 0.25) is 15.9 Å². The highest BCUT2D eigenvalue weighted by molar-refractivity contribution is 7.89. The van der Waals surface area contributed by atoms with E-state index < -0.39 is 10.0 Å². The van der Waals surface area contributed by atoms with Gasteiger partial charge in [0.25, 0.3) is 0 Å².